The van der Waals surface area contributed by atoms with Crippen molar-refractivity contribution in [1.82, 2.24) is 20.7 Å². The first kappa shape index (κ1) is 29.7. The molecule has 0 aliphatic carbocycles. The van der Waals surface area contributed by atoms with Gasteiger partial charge in [-0.3, -0.25) is 30.1 Å². The number of fused-ring (bicyclic) bond motifs is 1. The molecule has 1 fully saturated rings. The number of thioether (sulfide) groups is 2. The molecule has 1 aliphatic heterocycles. The molecule has 1 aromatic heterocycles. The normalized spacial score (nSPS) is 14.1. The number of rotatable bonds is 11. The van der Waals surface area contributed by atoms with Crippen molar-refractivity contribution in [1.29, 1.82) is 0 Å². The second-order valence-electron chi connectivity index (χ2n) is 8.59. The lowest BCUT2D eigenvalue weighted by Crippen LogP contribution is -2.42. The van der Waals surface area contributed by atoms with Crippen LogP contribution >= 0.6 is 47.1 Å². The fraction of sp³-hybridized carbons (Fsp3) is 0.259. The number of hydrogen-bond acceptors (Lipinski definition) is 10. The number of carbonyl (C=O) groups excluding carboxylic acids is 4. The van der Waals surface area contributed by atoms with E-state index in [9.17, 15) is 19.2 Å². The molecule has 1 saturated heterocycles. The molecular formula is C27H26N4O5S4. The van der Waals surface area contributed by atoms with Crippen molar-refractivity contribution in [2.45, 2.75) is 30.0 Å². The monoisotopic (exact) mass is 614 g/mol. The van der Waals surface area contributed by atoms with Gasteiger partial charge in [0.15, 0.2) is 4.34 Å². The van der Waals surface area contributed by atoms with Gasteiger partial charge in [-0.2, -0.15) is 0 Å². The number of hydrazine groups is 1. The van der Waals surface area contributed by atoms with Gasteiger partial charge in [0, 0.05) is 13.0 Å². The third-order valence-corrected chi connectivity index (χ3v) is 9.29. The summed E-state index contributed by atoms with van der Waals surface area (Å²) in [4.78, 5) is 55.1. The molecule has 2 N–H and O–H groups in total. The Morgan fingerprint density at radius 2 is 1.80 bits per heavy atom. The maximum absolute atomic E-state index is 12.8. The van der Waals surface area contributed by atoms with E-state index in [1.165, 1.54) is 42.0 Å². The van der Waals surface area contributed by atoms with Crippen molar-refractivity contribution in [3.8, 4) is 0 Å². The molecule has 0 bridgehead atoms. The van der Waals surface area contributed by atoms with Crippen LogP contribution in [-0.2, 0) is 19.1 Å². The van der Waals surface area contributed by atoms with E-state index >= 15 is 0 Å². The van der Waals surface area contributed by atoms with Gasteiger partial charge in [-0.1, -0.05) is 66.4 Å². The molecule has 0 atom stereocenters. The van der Waals surface area contributed by atoms with Crippen molar-refractivity contribution in [3.05, 3.63) is 64.6 Å². The first-order valence-electron chi connectivity index (χ1n) is 12.3. The van der Waals surface area contributed by atoms with E-state index in [2.05, 4.69) is 15.8 Å². The number of hydrogen-bond donors (Lipinski definition) is 2. The number of nitrogens with one attached hydrogen (secondary N) is 2. The molecule has 0 saturated carbocycles. The van der Waals surface area contributed by atoms with E-state index in [0.717, 1.165) is 26.5 Å². The van der Waals surface area contributed by atoms with Crippen LogP contribution in [-0.4, -0.2) is 57.3 Å². The zero-order chi connectivity index (χ0) is 28.5. The summed E-state index contributed by atoms with van der Waals surface area (Å²) in [6.45, 7) is 0.463. The Balaban J connectivity index is 1.11. The molecule has 1 aliphatic rings. The molecule has 9 nitrogen and oxygen atoms in total. The van der Waals surface area contributed by atoms with E-state index in [1.54, 1.807) is 35.2 Å². The van der Waals surface area contributed by atoms with Gasteiger partial charge in [-0.05, 0) is 48.7 Å². The van der Waals surface area contributed by atoms with Gasteiger partial charge in [0.05, 0.1) is 33.5 Å². The van der Waals surface area contributed by atoms with Crippen LogP contribution in [0.1, 0.15) is 41.6 Å². The molecule has 2 aromatic carbocycles. The number of amides is 3. The van der Waals surface area contributed by atoms with Gasteiger partial charge in [0.2, 0.25) is 11.8 Å². The van der Waals surface area contributed by atoms with E-state index in [-0.39, 0.29) is 29.9 Å². The number of thiocarbonyl (C=S) groups is 1. The SMILES string of the molecule is COC(=O)c1ccc(/C=C2\SC(=S)N(CCCCCC(=O)NNC(=O)CSc3nc4ccccc4s3)C2=O)cc1. The summed E-state index contributed by atoms with van der Waals surface area (Å²) in [6, 6.07) is 14.6. The first-order chi connectivity index (χ1) is 19.3. The summed E-state index contributed by atoms with van der Waals surface area (Å²) >= 11 is 9.48. The van der Waals surface area contributed by atoms with E-state index < -0.39 is 5.97 Å². The minimum absolute atomic E-state index is 0.150. The summed E-state index contributed by atoms with van der Waals surface area (Å²) in [6.07, 6.45) is 4.02. The van der Waals surface area contributed by atoms with Crippen molar-refractivity contribution in [2.24, 2.45) is 0 Å². The summed E-state index contributed by atoms with van der Waals surface area (Å²) in [5.41, 5.74) is 6.99. The fourth-order valence-corrected chi connectivity index (χ4v) is 6.86. The maximum Gasteiger partial charge on any atom is 0.337 e. The van der Waals surface area contributed by atoms with Crippen LogP contribution in [0.3, 0.4) is 0 Å². The lowest BCUT2D eigenvalue weighted by Gasteiger charge is -2.14. The van der Waals surface area contributed by atoms with Crippen LogP contribution in [0.4, 0.5) is 0 Å². The molecule has 40 heavy (non-hydrogen) atoms. The van der Waals surface area contributed by atoms with Gasteiger partial charge in [0.25, 0.3) is 5.91 Å². The third-order valence-electron chi connectivity index (χ3n) is 5.73. The van der Waals surface area contributed by atoms with Gasteiger partial charge in [-0.15, -0.1) is 11.3 Å². The van der Waals surface area contributed by atoms with Crippen LogP contribution in [0, 0.1) is 0 Å². The third kappa shape index (κ3) is 8.13. The van der Waals surface area contributed by atoms with Gasteiger partial charge in [-0.25, -0.2) is 9.78 Å². The predicted octanol–water partition coefficient (Wildman–Crippen LogP) is 4.78. The van der Waals surface area contributed by atoms with Crippen molar-refractivity contribution in [3.63, 3.8) is 0 Å². The smallest absolute Gasteiger partial charge is 0.337 e. The van der Waals surface area contributed by atoms with Crippen LogP contribution < -0.4 is 10.9 Å². The molecule has 0 radical (unpaired) electrons. The Kier molecular flexibility index (Phi) is 10.7. The average Bonchev–Trinajstić information content (AvgIpc) is 3.50. The Bertz CT molecular complexity index is 1420. The Morgan fingerprint density at radius 1 is 1.05 bits per heavy atom. The topological polar surface area (TPSA) is 118 Å². The zero-order valence-corrected chi connectivity index (χ0v) is 24.8. The molecule has 208 valence electrons. The standard InChI is InChI=1S/C27H26N4O5S4/c1-36-25(35)18-12-10-17(11-13-18)15-21-24(34)31(27(37)40-21)14-6-2-3-9-22(32)29-30-23(33)16-38-26-28-19-7-4-5-8-20(19)39-26/h4-5,7-8,10-13,15H,2-3,6,9,14,16H2,1H3,(H,29,32)(H,30,33)/b21-15-. The molecular weight excluding hydrogens is 589 g/mol. The number of para-hydroxylation sites is 1. The van der Waals surface area contributed by atoms with E-state index in [4.69, 9.17) is 17.0 Å². The number of thiazole rings is 1. The number of carbonyl (C=O) groups is 4. The van der Waals surface area contributed by atoms with Crippen LogP contribution in [0.15, 0.2) is 57.8 Å². The van der Waals surface area contributed by atoms with E-state index in [0.29, 0.717) is 34.2 Å². The molecule has 3 aromatic rings. The Morgan fingerprint density at radius 3 is 2.55 bits per heavy atom. The summed E-state index contributed by atoms with van der Waals surface area (Å²) in [5.74, 6) is -1.01. The zero-order valence-electron chi connectivity index (χ0n) is 21.5. The van der Waals surface area contributed by atoms with Crippen LogP contribution in [0.5, 0.6) is 0 Å². The first-order valence-corrected chi connectivity index (χ1v) is 15.4. The minimum Gasteiger partial charge on any atom is -0.465 e. The van der Waals surface area contributed by atoms with Crippen molar-refractivity contribution >= 4 is 91.4 Å². The van der Waals surface area contributed by atoms with E-state index in [1.807, 2.05) is 24.3 Å². The van der Waals surface area contributed by atoms with Gasteiger partial charge < -0.3 is 4.74 Å². The van der Waals surface area contributed by atoms with Gasteiger partial charge >= 0.3 is 5.97 Å². The molecule has 0 spiro atoms. The number of nitrogens with zero attached hydrogens (tertiary/aromatic N) is 2. The highest BCUT2D eigenvalue weighted by Crippen LogP contribution is 2.33. The summed E-state index contributed by atoms with van der Waals surface area (Å²) in [7, 11) is 1.32. The molecule has 2 heterocycles. The highest BCUT2D eigenvalue weighted by molar-refractivity contribution is 8.26. The molecule has 4 rings (SSSR count). The predicted molar refractivity (Wildman–Crippen MR) is 163 cm³/mol. The van der Waals surface area contributed by atoms with Gasteiger partial charge in [0.1, 0.15) is 4.32 Å². The molecule has 3 amide bonds. The molecule has 13 heteroatoms. The second kappa shape index (κ2) is 14.4. The number of methoxy groups -OCH3 is 1. The Hall–Kier alpha value is -3.26. The number of benzene rings is 2. The quantitative estimate of drug-likeness (QED) is 0.0786. The second-order valence-corrected chi connectivity index (χ2v) is 12.5. The van der Waals surface area contributed by atoms with Crippen LogP contribution in [0.2, 0.25) is 0 Å². The lowest BCUT2D eigenvalue weighted by atomic mass is 10.1. The fourth-order valence-electron chi connectivity index (χ4n) is 3.69. The lowest BCUT2D eigenvalue weighted by molar-refractivity contribution is -0.127. The van der Waals surface area contributed by atoms with Crippen molar-refractivity contribution < 1.29 is 23.9 Å². The highest BCUT2D eigenvalue weighted by atomic mass is 32.2. The number of esters is 1. The van der Waals surface area contributed by atoms with Crippen LogP contribution in [0.25, 0.3) is 16.3 Å². The minimum atomic E-state index is -0.421. The number of unbranched alkanes of at least 4 members (excludes halogenated alkanes) is 2. The average molecular weight is 615 g/mol. The van der Waals surface area contributed by atoms with Crippen molar-refractivity contribution in [2.75, 3.05) is 19.4 Å². The summed E-state index contributed by atoms with van der Waals surface area (Å²) in [5, 5.41) is 0. The molecule has 0 unspecified atom stereocenters. The number of ether oxygens (including phenoxy) is 1. The Labute approximate surface area is 249 Å². The highest BCUT2D eigenvalue weighted by Gasteiger charge is 2.31. The maximum atomic E-state index is 12.8. The summed E-state index contributed by atoms with van der Waals surface area (Å²) < 4.78 is 7.05. The largest absolute Gasteiger partial charge is 0.465 e. The number of aromatic nitrogens is 1.